The van der Waals surface area contributed by atoms with Gasteiger partial charge in [-0.25, -0.2) is 13.6 Å². The largest absolute Gasteiger partial charge is 0.471 e. The number of hydrogen-bond acceptors (Lipinski definition) is 10. The van der Waals surface area contributed by atoms with Gasteiger partial charge in [-0.2, -0.15) is 15.0 Å². The van der Waals surface area contributed by atoms with E-state index in [0.717, 1.165) is 19.2 Å². The first kappa shape index (κ1) is 29.2. The molecule has 40 heavy (non-hydrogen) atoms. The van der Waals surface area contributed by atoms with E-state index in [4.69, 9.17) is 36.3 Å². The van der Waals surface area contributed by atoms with Crippen LogP contribution in [0, 0.1) is 11.6 Å². The van der Waals surface area contributed by atoms with Gasteiger partial charge in [-0.15, -0.1) is 0 Å². The Morgan fingerprint density at radius 2 is 1.85 bits per heavy atom. The number of aliphatic hydroxyl groups excluding tert-OH is 1. The highest BCUT2D eigenvalue weighted by molar-refractivity contribution is 6.32. The number of carbonyl (C=O) groups is 2. The quantitative estimate of drug-likeness (QED) is 0.365. The van der Waals surface area contributed by atoms with Gasteiger partial charge in [0.05, 0.1) is 24.3 Å². The number of nitrogens with one attached hydrogen (secondary N) is 1. The van der Waals surface area contributed by atoms with Gasteiger partial charge >= 0.3 is 6.09 Å². The molecule has 3 aromatic rings. The molecule has 0 aliphatic carbocycles. The summed E-state index contributed by atoms with van der Waals surface area (Å²) in [6.45, 7) is 3.73. The molecule has 0 saturated carbocycles. The number of rotatable bonds is 6. The lowest BCUT2D eigenvalue weighted by Gasteiger charge is -2.15. The van der Waals surface area contributed by atoms with Crippen LogP contribution in [-0.4, -0.2) is 81.8 Å². The van der Waals surface area contributed by atoms with E-state index in [1.54, 1.807) is 0 Å². The molecule has 2 aliphatic heterocycles. The smallest absolute Gasteiger partial charge is 0.429 e. The summed E-state index contributed by atoms with van der Waals surface area (Å²) in [6.07, 6.45) is -3.43. The summed E-state index contributed by atoms with van der Waals surface area (Å²) in [5, 5.41) is 10.3. The van der Waals surface area contributed by atoms with E-state index in [9.17, 15) is 23.5 Å². The summed E-state index contributed by atoms with van der Waals surface area (Å²) in [5.41, 5.74) is 4.46. The molecule has 216 valence electrons. The van der Waals surface area contributed by atoms with Crippen LogP contribution in [0.25, 0.3) is 11.2 Å². The fourth-order valence-corrected chi connectivity index (χ4v) is 4.29. The molecule has 1 unspecified atom stereocenters. The summed E-state index contributed by atoms with van der Waals surface area (Å²) in [4.78, 5) is 38.7. The highest BCUT2D eigenvalue weighted by Crippen LogP contribution is 2.31. The highest BCUT2D eigenvalue weighted by Gasteiger charge is 2.48. The number of benzene rings is 1. The summed E-state index contributed by atoms with van der Waals surface area (Å²) >= 11 is 6.23. The van der Waals surface area contributed by atoms with E-state index >= 15 is 0 Å². The first-order valence-electron chi connectivity index (χ1n) is 12.1. The molecule has 0 bridgehead atoms. The number of halogens is 3. The lowest BCUT2D eigenvalue weighted by molar-refractivity contribution is -0.0475. The molecule has 2 aromatic heterocycles. The minimum Gasteiger partial charge on any atom is -0.471 e. The van der Waals surface area contributed by atoms with Crippen molar-refractivity contribution in [3.8, 4) is 11.9 Å². The minimum absolute atomic E-state index is 0.0250. The molecule has 4 atom stereocenters. The number of fused-ring (bicyclic) bond motifs is 2. The normalized spacial score (nSPS) is 21.4. The van der Waals surface area contributed by atoms with Crippen molar-refractivity contribution in [2.24, 2.45) is 5.73 Å². The Labute approximate surface area is 231 Å². The molecule has 16 heteroatoms. The lowest BCUT2D eigenvalue weighted by Crippen LogP contribution is -2.34. The summed E-state index contributed by atoms with van der Waals surface area (Å²) < 4.78 is 51.5. The number of primary amides is 1. The second kappa shape index (κ2) is 12.2. The van der Waals surface area contributed by atoms with Gasteiger partial charge in [0.2, 0.25) is 5.88 Å². The maximum atomic E-state index is 14.6. The van der Waals surface area contributed by atoms with Crippen LogP contribution in [0.3, 0.4) is 0 Å². The maximum Gasteiger partial charge on any atom is 0.429 e. The Kier molecular flexibility index (Phi) is 8.88. The Morgan fingerprint density at radius 1 is 1.18 bits per heavy atom. The van der Waals surface area contributed by atoms with Crippen LogP contribution < -0.4 is 15.2 Å². The zero-order chi connectivity index (χ0) is 29.1. The Hall–Kier alpha value is -3.79. The Morgan fingerprint density at radius 3 is 2.52 bits per heavy atom. The number of imidazole rings is 1. The van der Waals surface area contributed by atoms with Crippen molar-refractivity contribution in [2.75, 3.05) is 20.3 Å². The van der Waals surface area contributed by atoms with Gasteiger partial charge in [-0.1, -0.05) is 25.4 Å². The molecule has 1 aromatic carbocycles. The molecule has 4 heterocycles. The van der Waals surface area contributed by atoms with Crippen LogP contribution in [0.1, 0.15) is 29.8 Å². The molecule has 5 rings (SSSR count). The van der Waals surface area contributed by atoms with Crippen molar-refractivity contribution in [3.05, 3.63) is 46.0 Å². The SMILES string of the molecule is CC.CN(OC(N)=O)C(=O)c1cc(F)c(COc2nc3nc(O[C@@H]4COC5[C@H](O)CO[C@@H]54)[nH]c3cc2Cl)c(F)c1. The van der Waals surface area contributed by atoms with Gasteiger partial charge in [0.1, 0.15) is 41.6 Å². The number of nitrogens with zero attached hydrogens (tertiary/aromatic N) is 3. The fourth-order valence-electron chi connectivity index (χ4n) is 4.09. The number of amides is 2. The predicted octanol–water partition coefficient (Wildman–Crippen LogP) is 2.48. The van der Waals surface area contributed by atoms with Crippen molar-refractivity contribution in [1.29, 1.82) is 0 Å². The van der Waals surface area contributed by atoms with Crippen molar-refractivity contribution < 1.29 is 47.3 Å². The molecular weight excluding hydrogens is 560 g/mol. The van der Waals surface area contributed by atoms with Crippen LogP contribution in [0.5, 0.6) is 11.9 Å². The molecule has 0 radical (unpaired) electrons. The zero-order valence-electron chi connectivity index (χ0n) is 21.5. The lowest BCUT2D eigenvalue weighted by atomic mass is 10.1. The van der Waals surface area contributed by atoms with E-state index < -0.39 is 65.8 Å². The van der Waals surface area contributed by atoms with Gasteiger partial charge in [-0.05, 0) is 18.2 Å². The summed E-state index contributed by atoms with van der Waals surface area (Å²) in [7, 11) is 1.06. The van der Waals surface area contributed by atoms with E-state index in [1.807, 2.05) is 13.8 Å². The van der Waals surface area contributed by atoms with Crippen molar-refractivity contribution >= 4 is 34.8 Å². The number of hydroxylamine groups is 2. The Bertz CT molecular complexity index is 1390. The first-order valence-corrected chi connectivity index (χ1v) is 12.5. The van der Waals surface area contributed by atoms with E-state index in [2.05, 4.69) is 19.8 Å². The number of aromatic nitrogens is 3. The minimum atomic E-state index is -1.27. The average molecular weight is 586 g/mol. The van der Waals surface area contributed by atoms with Crippen LogP contribution in [0.2, 0.25) is 5.02 Å². The van der Waals surface area contributed by atoms with Gasteiger partial charge in [0.25, 0.3) is 11.9 Å². The molecule has 0 spiro atoms. The van der Waals surface area contributed by atoms with Crippen molar-refractivity contribution in [3.63, 3.8) is 0 Å². The van der Waals surface area contributed by atoms with Crippen molar-refractivity contribution in [1.82, 2.24) is 20.0 Å². The number of hydrogen-bond donors (Lipinski definition) is 3. The molecule has 2 amide bonds. The van der Waals surface area contributed by atoms with Crippen LogP contribution in [-0.2, 0) is 20.9 Å². The summed E-state index contributed by atoms with van der Waals surface area (Å²) in [5.74, 6) is -3.34. The third kappa shape index (κ3) is 6.01. The van der Waals surface area contributed by atoms with E-state index in [0.29, 0.717) is 10.6 Å². The molecule has 13 nitrogen and oxygen atoms in total. The molecular formula is C24H26ClF2N5O8. The van der Waals surface area contributed by atoms with Gasteiger partial charge in [0, 0.05) is 12.6 Å². The van der Waals surface area contributed by atoms with Crippen LogP contribution in [0.4, 0.5) is 13.6 Å². The number of H-pyrrole nitrogens is 1. The van der Waals surface area contributed by atoms with Crippen molar-refractivity contribution in [2.45, 2.75) is 44.9 Å². The zero-order valence-corrected chi connectivity index (χ0v) is 22.3. The standard InChI is InChI=1S/C22H20ClF2N5O8.C2H6/c1-30(38-21(26)33)20(32)8-2-11(24)9(12(25)3-8)5-36-19-10(23)4-13-18(28-19)29-22(27-13)37-15-7-35-16-14(31)6-34-17(15)16;1-2/h2-4,14-17,31H,5-7H2,1H3,(H2,26,33)(H,27,28,29);1-2H3/t14-,15-,16?,17-;/m1./s1. The van der Waals surface area contributed by atoms with E-state index in [-0.39, 0.29) is 35.8 Å². The molecule has 2 fully saturated rings. The van der Waals surface area contributed by atoms with Gasteiger partial charge in [-0.3, -0.25) is 4.79 Å². The number of ether oxygens (including phenoxy) is 4. The molecule has 2 aliphatic rings. The monoisotopic (exact) mass is 585 g/mol. The first-order chi connectivity index (χ1) is 19.1. The second-order valence-electron chi connectivity index (χ2n) is 8.43. The number of carbonyl (C=O) groups excluding carboxylic acids is 2. The fraction of sp³-hybridized carbons (Fsp3) is 0.417. The summed E-state index contributed by atoms with van der Waals surface area (Å²) in [6, 6.07) is 3.06. The number of aromatic amines is 1. The second-order valence-corrected chi connectivity index (χ2v) is 8.84. The third-order valence-electron chi connectivity index (χ3n) is 5.87. The Balaban J connectivity index is 0.00000181. The third-order valence-corrected chi connectivity index (χ3v) is 6.14. The molecule has 2 saturated heterocycles. The number of pyridine rings is 1. The van der Waals surface area contributed by atoms with Gasteiger partial charge in [0.15, 0.2) is 11.8 Å². The number of aliphatic hydroxyl groups is 1. The molecule has 4 N–H and O–H groups in total. The maximum absolute atomic E-state index is 14.6. The number of nitrogens with two attached hydrogens (primary N) is 1. The van der Waals surface area contributed by atoms with Crippen LogP contribution in [0.15, 0.2) is 18.2 Å². The van der Waals surface area contributed by atoms with Gasteiger partial charge < -0.3 is 39.6 Å². The van der Waals surface area contributed by atoms with E-state index in [1.165, 1.54) is 6.07 Å². The topological polar surface area (TPSA) is 171 Å². The highest BCUT2D eigenvalue weighted by atomic mass is 35.5. The average Bonchev–Trinajstić information content (AvgIpc) is 3.60. The van der Waals surface area contributed by atoms with Crippen LogP contribution >= 0.6 is 11.6 Å². The predicted molar refractivity (Wildman–Crippen MR) is 134 cm³/mol.